The average Bonchev–Trinajstić information content (AvgIpc) is 2.85. The summed E-state index contributed by atoms with van der Waals surface area (Å²) in [6.45, 7) is 2.16. The van der Waals surface area contributed by atoms with Gasteiger partial charge in [-0.1, -0.05) is 12.1 Å². The van der Waals surface area contributed by atoms with E-state index in [0.29, 0.717) is 24.5 Å². The van der Waals surface area contributed by atoms with Gasteiger partial charge in [-0.05, 0) is 24.6 Å². The molecule has 1 unspecified atom stereocenters. The van der Waals surface area contributed by atoms with Gasteiger partial charge in [0.15, 0.2) is 5.82 Å². The maximum absolute atomic E-state index is 11.7. The van der Waals surface area contributed by atoms with Crippen molar-refractivity contribution in [2.75, 3.05) is 11.9 Å². The van der Waals surface area contributed by atoms with E-state index in [0.717, 1.165) is 5.56 Å². The van der Waals surface area contributed by atoms with Gasteiger partial charge in [0.25, 0.3) is 0 Å². The van der Waals surface area contributed by atoms with Crippen molar-refractivity contribution in [2.45, 2.75) is 19.4 Å². The molecule has 1 atom stereocenters. The Kier molecular flexibility index (Phi) is 4.89. The zero-order valence-corrected chi connectivity index (χ0v) is 12.1. The number of aliphatic hydroxyl groups is 1. The van der Waals surface area contributed by atoms with Gasteiger partial charge >= 0.3 is 6.03 Å². The van der Waals surface area contributed by atoms with Crippen molar-refractivity contribution in [3.63, 3.8) is 0 Å². The summed E-state index contributed by atoms with van der Waals surface area (Å²) in [5.74, 6) is 0.694. The number of aromatic nitrogens is 3. The van der Waals surface area contributed by atoms with E-state index in [1.54, 1.807) is 49.2 Å². The lowest BCUT2D eigenvalue weighted by molar-refractivity contribution is 0.199. The van der Waals surface area contributed by atoms with E-state index < -0.39 is 6.10 Å². The molecule has 0 aliphatic carbocycles. The molecule has 0 aliphatic heterocycles. The molecule has 0 saturated carbocycles. The lowest BCUT2D eigenvalue weighted by atomic mass is 10.1. The molecule has 21 heavy (non-hydrogen) atoms. The van der Waals surface area contributed by atoms with Crippen molar-refractivity contribution in [1.82, 2.24) is 20.1 Å². The highest BCUT2D eigenvalue weighted by Crippen LogP contribution is 2.15. The van der Waals surface area contributed by atoms with Gasteiger partial charge in [0.2, 0.25) is 0 Å². The second-order valence-electron chi connectivity index (χ2n) is 4.76. The van der Waals surface area contributed by atoms with Gasteiger partial charge < -0.3 is 15.7 Å². The minimum atomic E-state index is -0.515. The van der Waals surface area contributed by atoms with E-state index in [4.69, 9.17) is 0 Å². The molecule has 7 nitrogen and oxygen atoms in total. The highest BCUT2D eigenvalue weighted by Gasteiger charge is 2.04. The number of amides is 2. The molecule has 1 heterocycles. The van der Waals surface area contributed by atoms with Crippen LogP contribution in [0.15, 0.2) is 30.6 Å². The summed E-state index contributed by atoms with van der Waals surface area (Å²) >= 11 is 0. The quantitative estimate of drug-likeness (QED) is 0.772. The number of urea groups is 1. The van der Waals surface area contributed by atoms with Crippen molar-refractivity contribution in [2.24, 2.45) is 7.05 Å². The summed E-state index contributed by atoms with van der Waals surface area (Å²) < 4.78 is 1.62. The number of rotatable bonds is 5. The third-order valence-corrected chi connectivity index (χ3v) is 2.93. The third-order valence-electron chi connectivity index (χ3n) is 2.93. The van der Waals surface area contributed by atoms with Crippen molar-refractivity contribution in [3.05, 3.63) is 42.0 Å². The lowest BCUT2D eigenvalue weighted by Crippen LogP contribution is -2.30. The van der Waals surface area contributed by atoms with E-state index in [9.17, 15) is 9.90 Å². The summed E-state index contributed by atoms with van der Waals surface area (Å²) in [7, 11) is 1.80. The topological polar surface area (TPSA) is 92.1 Å². The molecule has 0 radical (unpaired) electrons. The highest BCUT2D eigenvalue weighted by molar-refractivity contribution is 5.89. The summed E-state index contributed by atoms with van der Waals surface area (Å²) in [6.07, 6.45) is 1.69. The Morgan fingerprint density at radius 2 is 2.10 bits per heavy atom. The lowest BCUT2D eigenvalue weighted by Gasteiger charge is -2.08. The SMILES string of the molecule is CC(O)c1ccc(NC(=O)NCCc2ncn(C)n2)cc1. The highest BCUT2D eigenvalue weighted by atomic mass is 16.3. The standard InChI is InChI=1S/C14H19N5O2/c1-10(20)11-3-5-12(6-4-11)17-14(21)15-8-7-13-16-9-19(2)18-13/h3-6,9-10,20H,7-8H2,1-2H3,(H2,15,17,21). The van der Waals surface area contributed by atoms with E-state index in [2.05, 4.69) is 20.7 Å². The molecule has 7 heteroatoms. The summed E-state index contributed by atoms with van der Waals surface area (Å²) in [6, 6.07) is 6.77. The summed E-state index contributed by atoms with van der Waals surface area (Å²) in [4.78, 5) is 15.8. The summed E-state index contributed by atoms with van der Waals surface area (Å²) in [5.41, 5.74) is 1.48. The Morgan fingerprint density at radius 3 is 2.67 bits per heavy atom. The minimum Gasteiger partial charge on any atom is -0.389 e. The minimum absolute atomic E-state index is 0.282. The molecule has 2 aromatic rings. The smallest absolute Gasteiger partial charge is 0.319 e. The molecule has 0 spiro atoms. The number of hydrogen-bond acceptors (Lipinski definition) is 4. The zero-order chi connectivity index (χ0) is 15.2. The van der Waals surface area contributed by atoms with Crippen LogP contribution in [0.4, 0.5) is 10.5 Å². The molecule has 0 saturated heterocycles. The Labute approximate surface area is 123 Å². The van der Waals surface area contributed by atoms with Crippen molar-refractivity contribution < 1.29 is 9.90 Å². The molecular weight excluding hydrogens is 270 g/mol. The largest absolute Gasteiger partial charge is 0.389 e. The van der Waals surface area contributed by atoms with Crippen LogP contribution in [-0.2, 0) is 13.5 Å². The van der Waals surface area contributed by atoms with Crippen molar-refractivity contribution >= 4 is 11.7 Å². The second-order valence-corrected chi connectivity index (χ2v) is 4.76. The Bertz CT molecular complexity index is 592. The van der Waals surface area contributed by atoms with Gasteiger partial charge in [0, 0.05) is 25.7 Å². The predicted molar refractivity (Wildman–Crippen MR) is 78.8 cm³/mol. The van der Waals surface area contributed by atoms with Gasteiger partial charge in [-0.2, -0.15) is 5.10 Å². The van der Waals surface area contributed by atoms with E-state index in [-0.39, 0.29) is 6.03 Å². The number of hydrogen-bond donors (Lipinski definition) is 3. The normalized spacial score (nSPS) is 12.0. The van der Waals surface area contributed by atoms with Crippen molar-refractivity contribution in [3.8, 4) is 0 Å². The van der Waals surface area contributed by atoms with Crippen LogP contribution >= 0.6 is 0 Å². The molecule has 2 amide bonds. The number of nitrogens with one attached hydrogen (secondary N) is 2. The fourth-order valence-electron chi connectivity index (χ4n) is 1.81. The first-order valence-corrected chi connectivity index (χ1v) is 6.72. The monoisotopic (exact) mass is 289 g/mol. The Balaban J connectivity index is 1.76. The number of nitrogens with zero attached hydrogens (tertiary/aromatic N) is 3. The number of anilines is 1. The van der Waals surface area contributed by atoms with E-state index in [1.165, 1.54) is 0 Å². The maximum atomic E-state index is 11.7. The molecule has 0 fully saturated rings. The fraction of sp³-hybridized carbons (Fsp3) is 0.357. The number of carbonyl (C=O) groups is 1. The molecule has 1 aromatic carbocycles. The molecule has 0 aliphatic rings. The van der Waals surface area contributed by atoms with E-state index >= 15 is 0 Å². The third kappa shape index (κ3) is 4.57. The number of aliphatic hydroxyl groups excluding tert-OH is 1. The molecule has 3 N–H and O–H groups in total. The Morgan fingerprint density at radius 1 is 1.38 bits per heavy atom. The molecule has 2 rings (SSSR count). The van der Waals surface area contributed by atoms with Crippen LogP contribution in [0.2, 0.25) is 0 Å². The molecular formula is C14H19N5O2. The van der Waals surface area contributed by atoms with Crippen LogP contribution in [0.25, 0.3) is 0 Å². The van der Waals surface area contributed by atoms with Gasteiger partial charge in [-0.3, -0.25) is 4.68 Å². The van der Waals surface area contributed by atoms with Crippen LogP contribution in [0, 0.1) is 0 Å². The molecule has 112 valence electrons. The molecule has 1 aromatic heterocycles. The fourth-order valence-corrected chi connectivity index (χ4v) is 1.81. The predicted octanol–water partition coefficient (Wildman–Crippen LogP) is 1.23. The number of benzene rings is 1. The second kappa shape index (κ2) is 6.85. The van der Waals surface area contributed by atoms with Gasteiger partial charge in [0.05, 0.1) is 6.10 Å². The first-order chi connectivity index (χ1) is 10.0. The summed E-state index contributed by atoms with van der Waals surface area (Å²) in [5, 5.41) is 19.0. The van der Waals surface area contributed by atoms with Gasteiger partial charge in [-0.15, -0.1) is 0 Å². The van der Waals surface area contributed by atoms with E-state index in [1.807, 2.05) is 0 Å². The molecule has 0 bridgehead atoms. The average molecular weight is 289 g/mol. The van der Waals surface area contributed by atoms with Crippen LogP contribution in [0.5, 0.6) is 0 Å². The van der Waals surface area contributed by atoms with Crippen molar-refractivity contribution in [1.29, 1.82) is 0 Å². The van der Waals surface area contributed by atoms with Crippen LogP contribution in [0.3, 0.4) is 0 Å². The van der Waals surface area contributed by atoms with Crippen LogP contribution in [-0.4, -0.2) is 32.4 Å². The van der Waals surface area contributed by atoms with Crippen LogP contribution < -0.4 is 10.6 Å². The number of carbonyl (C=O) groups excluding carboxylic acids is 1. The van der Waals surface area contributed by atoms with Gasteiger partial charge in [0.1, 0.15) is 6.33 Å². The zero-order valence-electron chi connectivity index (χ0n) is 12.1. The first-order valence-electron chi connectivity index (χ1n) is 6.72. The Hall–Kier alpha value is -2.41. The number of aryl methyl sites for hydroxylation is 1. The van der Waals surface area contributed by atoms with Gasteiger partial charge in [-0.25, -0.2) is 9.78 Å². The maximum Gasteiger partial charge on any atom is 0.319 e. The van der Waals surface area contributed by atoms with Crippen LogP contribution in [0.1, 0.15) is 24.4 Å². The first kappa shape index (κ1) is 15.0.